The number of imidazole rings is 1. The summed E-state index contributed by atoms with van der Waals surface area (Å²) in [6.45, 7) is 0.667. The van der Waals surface area contributed by atoms with Crippen molar-refractivity contribution in [1.29, 1.82) is 0 Å². The largest absolute Gasteiger partial charge is 0.366 e. The summed E-state index contributed by atoms with van der Waals surface area (Å²) in [4.78, 5) is 19.3. The topological polar surface area (TPSA) is 120 Å². The van der Waals surface area contributed by atoms with Gasteiger partial charge in [0, 0.05) is 24.4 Å². The van der Waals surface area contributed by atoms with E-state index in [2.05, 4.69) is 37.5 Å². The smallest absolute Gasteiger partial charge is 0.248 e. The Morgan fingerprint density at radius 3 is 2.70 bits per heavy atom. The molecule has 0 aliphatic heterocycles. The Kier molecular flexibility index (Phi) is 4.13. The minimum atomic E-state index is -0.469. The Balaban J connectivity index is 1.44. The van der Waals surface area contributed by atoms with Crippen LogP contribution in [-0.2, 0) is 13.6 Å². The highest BCUT2D eigenvalue weighted by Crippen LogP contribution is 2.26. The summed E-state index contributed by atoms with van der Waals surface area (Å²) >= 11 is 0. The number of aromatic amines is 1. The van der Waals surface area contributed by atoms with Crippen molar-refractivity contribution in [2.75, 3.05) is 0 Å². The van der Waals surface area contributed by atoms with Gasteiger partial charge >= 0.3 is 0 Å². The maximum atomic E-state index is 11.4. The van der Waals surface area contributed by atoms with Crippen LogP contribution in [0.3, 0.4) is 0 Å². The van der Waals surface area contributed by atoms with E-state index in [9.17, 15) is 4.79 Å². The molecule has 0 fully saturated rings. The molecule has 3 N–H and O–H groups in total. The van der Waals surface area contributed by atoms with E-state index in [-0.39, 0.29) is 0 Å². The molecule has 5 rings (SSSR count). The van der Waals surface area contributed by atoms with Gasteiger partial charge in [0.1, 0.15) is 5.69 Å². The van der Waals surface area contributed by atoms with E-state index in [1.54, 1.807) is 33.8 Å². The summed E-state index contributed by atoms with van der Waals surface area (Å²) in [6.07, 6.45) is 3.50. The van der Waals surface area contributed by atoms with Crippen molar-refractivity contribution >= 4 is 16.9 Å². The number of benzene rings is 2. The summed E-state index contributed by atoms with van der Waals surface area (Å²) < 4.78 is 3.56. The van der Waals surface area contributed by atoms with E-state index in [1.165, 1.54) is 0 Å². The molecule has 9 heteroatoms. The number of fused-ring (bicyclic) bond motifs is 1. The minimum Gasteiger partial charge on any atom is -0.366 e. The van der Waals surface area contributed by atoms with Crippen molar-refractivity contribution in [1.82, 2.24) is 34.7 Å². The van der Waals surface area contributed by atoms with Crippen molar-refractivity contribution in [2.24, 2.45) is 12.8 Å². The van der Waals surface area contributed by atoms with Gasteiger partial charge in [-0.05, 0) is 29.8 Å². The Bertz CT molecular complexity index is 1350. The molecule has 0 radical (unpaired) electrons. The van der Waals surface area contributed by atoms with Crippen LogP contribution in [0.25, 0.3) is 33.8 Å². The first-order valence-corrected chi connectivity index (χ1v) is 9.34. The van der Waals surface area contributed by atoms with Crippen LogP contribution in [0.15, 0.2) is 60.9 Å². The van der Waals surface area contributed by atoms with Crippen LogP contribution in [0.1, 0.15) is 15.9 Å². The van der Waals surface area contributed by atoms with Crippen LogP contribution in [0.4, 0.5) is 0 Å². The molecule has 0 saturated carbocycles. The number of aromatic nitrogens is 7. The second kappa shape index (κ2) is 6.96. The highest BCUT2D eigenvalue weighted by molar-refractivity contribution is 5.96. The van der Waals surface area contributed by atoms with Gasteiger partial charge in [0.15, 0.2) is 5.82 Å². The van der Waals surface area contributed by atoms with Crippen LogP contribution >= 0.6 is 0 Å². The molecule has 0 spiro atoms. The van der Waals surface area contributed by atoms with Crippen molar-refractivity contribution in [2.45, 2.75) is 6.54 Å². The number of amides is 1. The lowest BCUT2D eigenvalue weighted by molar-refractivity contribution is 0.100. The molecular formula is C21H18N8O. The number of hydrogen-bond donors (Lipinski definition) is 2. The molecule has 5 aromatic rings. The van der Waals surface area contributed by atoms with Gasteiger partial charge in [0.25, 0.3) is 0 Å². The predicted molar refractivity (Wildman–Crippen MR) is 111 cm³/mol. The lowest BCUT2D eigenvalue weighted by Gasteiger charge is -2.02. The monoisotopic (exact) mass is 398 g/mol. The number of aryl methyl sites for hydroxylation is 1. The molecule has 0 bridgehead atoms. The molecule has 2 aromatic carbocycles. The van der Waals surface area contributed by atoms with Crippen molar-refractivity contribution in [3.63, 3.8) is 0 Å². The quantitative estimate of drug-likeness (QED) is 0.471. The summed E-state index contributed by atoms with van der Waals surface area (Å²) in [5.41, 5.74) is 11.1. The Labute approximate surface area is 171 Å². The van der Waals surface area contributed by atoms with Crippen LogP contribution < -0.4 is 5.73 Å². The maximum absolute atomic E-state index is 11.4. The second-order valence-corrected chi connectivity index (χ2v) is 7.02. The molecule has 0 atom stereocenters. The lowest BCUT2D eigenvalue weighted by Crippen LogP contribution is -2.10. The number of nitrogens with two attached hydrogens (primary N) is 1. The number of primary amides is 1. The van der Waals surface area contributed by atoms with E-state index < -0.39 is 5.91 Å². The molecule has 3 heterocycles. The number of carbonyl (C=O) groups is 1. The van der Waals surface area contributed by atoms with E-state index in [4.69, 9.17) is 5.73 Å². The summed E-state index contributed by atoms with van der Waals surface area (Å²) in [5, 5.41) is 12.4. The van der Waals surface area contributed by atoms with Gasteiger partial charge in [-0.25, -0.2) is 9.67 Å². The number of nitrogens with one attached hydrogen (secondary N) is 1. The number of carbonyl (C=O) groups excluding carboxylic acids is 1. The van der Waals surface area contributed by atoms with Crippen molar-refractivity contribution < 1.29 is 4.79 Å². The zero-order valence-corrected chi connectivity index (χ0v) is 16.1. The van der Waals surface area contributed by atoms with E-state index in [0.29, 0.717) is 17.9 Å². The third kappa shape index (κ3) is 3.22. The van der Waals surface area contributed by atoms with Gasteiger partial charge < -0.3 is 10.7 Å². The molecule has 30 heavy (non-hydrogen) atoms. The lowest BCUT2D eigenvalue weighted by atomic mass is 10.1. The fraction of sp³-hybridized carbons (Fsp3) is 0.0952. The average molecular weight is 398 g/mol. The first-order chi connectivity index (χ1) is 14.6. The zero-order valence-electron chi connectivity index (χ0n) is 16.1. The molecule has 1 amide bonds. The fourth-order valence-corrected chi connectivity index (χ4v) is 3.40. The Morgan fingerprint density at radius 1 is 1.13 bits per heavy atom. The van der Waals surface area contributed by atoms with Gasteiger partial charge in [0.2, 0.25) is 5.91 Å². The molecule has 0 unspecified atom stereocenters. The summed E-state index contributed by atoms with van der Waals surface area (Å²) in [7, 11) is 1.87. The maximum Gasteiger partial charge on any atom is 0.248 e. The molecule has 9 nitrogen and oxygen atoms in total. The zero-order chi connectivity index (χ0) is 20.7. The van der Waals surface area contributed by atoms with Crippen molar-refractivity contribution in [3.05, 3.63) is 72.1 Å². The highest BCUT2D eigenvalue weighted by Gasteiger charge is 2.14. The molecule has 3 aromatic heterocycles. The fourth-order valence-electron chi connectivity index (χ4n) is 3.40. The summed E-state index contributed by atoms with van der Waals surface area (Å²) in [5.74, 6) is 0.207. The van der Waals surface area contributed by atoms with Crippen LogP contribution in [-0.4, -0.2) is 40.6 Å². The van der Waals surface area contributed by atoms with Gasteiger partial charge in [-0.15, -0.1) is 5.10 Å². The first-order valence-electron chi connectivity index (χ1n) is 9.34. The second-order valence-electron chi connectivity index (χ2n) is 7.02. The number of nitrogens with zero attached hydrogens (tertiary/aromatic N) is 6. The van der Waals surface area contributed by atoms with Crippen LogP contribution in [0.2, 0.25) is 0 Å². The number of H-pyrrole nitrogens is 1. The van der Waals surface area contributed by atoms with E-state index in [0.717, 1.165) is 33.5 Å². The van der Waals surface area contributed by atoms with E-state index in [1.807, 2.05) is 31.4 Å². The van der Waals surface area contributed by atoms with Crippen molar-refractivity contribution in [3.8, 4) is 22.8 Å². The Morgan fingerprint density at radius 2 is 1.97 bits per heavy atom. The molecule has 148 valence electrons. The number of rotatable bonds is 5. The molecule has 0 saturated heterocycles. The average Bonchev–Trinajstić information content (AvgIpc) is 3.47. The molecular weight excluding hydrogens is 380 g/mol. The summed E-state index contributed by atoms with van der Waals surface area (Å²) in [6, 6.07) is 15.3. The van der Waals surface area contributed by atoms with Crippen LogP contribution in [0.5, 0.6) is 0 Å². The van der Waals surface area contributed by atoms with Gasteiger partial charge in [-0.1, -0.05) is 29.5 Å². The van der Waals surface area contributed by atoms with Gasteiger partial charge in [0.05, 0.1) is 29.5 Å². The standard InChI is InChI=1S/C21H18N8O/c1-28-19(21-24-16-7-6-15(20(22)30)10-18(16)25-21)11-17(26-28)14-4-2-13(3-5-14)12-29-9-8-23-27-29/h2-11H,12H2,1H3,(H2,22,30)(H,24,25). The third-order valence-electron chi connectivity index (χ3n) is 4.96. The third-order valence-corrected chi connectivity index (χ3v) is 4.96. The van der Waals surface area contributed by atoms with E-state index >= 15 is 0 Å². The number of hydrogen-bond acceptors (Lipinski definition) is 5. The van der Waals surface area contributed by atoms with Gasteiger partial charge in [-0.3, -0.25) is 9.48 Å². The molecule has 0 aliphatic carbocycles. The normalized spacial score (nSPS) is 11.2. The Hall–Kier alpha value is -4.27. The SMILES string of the molecule is Cn1nc(-c2ccc(Cn3ccnn3)cc2)cc1-c1nc2ccc(C(N)=O)cc2[nH]1. The first kappa shape index (κ1) is 17.8. The van der Waals surface area contributed by atoms with Crippen LogP contribution in [0, 0.1) is 0 Å². The minimum absolute atomic E-state index is 0.439. The molecule has 0 aliphatic rings. The van der Waals surface area contributed by atoms with Gasteiger partial charge in [-0.2, -0.15) is 5.10 Å². The highest BCUT2D eigenvalue weighted by atomic mass is 16.1. The predicted octanol–water partition coefficient (Wildman–Crippen LogP) is 2.37.